The van der Waals surface area contributed by atoms with Crippen LogP contribution >= 0.6 is 21.6 Å². The van der Waals surface area contributed by atoms with Gasteiger partial charge in [-0.2, -0.15) is 0 Å². The Morgan fingerprint density at radius 1 is 1.50 bits per heavy atom. The van der Waals surface area contributed by atoms with E-state index in [0.717, 1.165) is 21.6 Å². The van der Waals surface area contributed by atoms with Gasteiger partial charge in [-0.15, -0.1) is 0 Å². The second-order valence-corrected chi connectivity index (χ2v) is 2.78. The SMILES string of the molecule is [2H]C(C)C([2H])([2H])SSC([2H])([2H])CN. The average molecular weight is 156 g/mol. The van der Waals surface area contributed by atoms with Crippen molar-refractivity contribution in [3.05, 3.63) is 0 Å². The minimum absolute atomic E-state index is 0.160. The summed E-state index contributed by atoms with van der Waals surface area (Å²) in [7, 11) is 1.47. The van der Waals surface area contributed by atoms with E-state index in [1.54, 1.807) is 0 Å². The van der Waals surface area contributed by atoms with Gasteiger partial charge in [0, 0.05) is 24.8 Å². The van der Waals surface area contributed by atoms with Crippen LogP contribution in [0.4, 0.5) is 0 Å². The van der Waals surface area contributed by atoms with Crippen LogP contribution in [-0.4, -0.2) is 18.0 Å². The van der Waals surface area contributed by atoms with E-state index in [0.29, 0.717) is 0 Å². The Morgan fingerprint density at radius 2 is 2.12 bits per heavy atom. The van der Waals surface area contributed by atoms with Gasteiger partial charge in [-0.1, -0.05) is 28.5 Å². The van der Waals surface area contributed by atoms with Gasteiger partial charge >= 0.3 is 0 Å². The van der Waals surface area contributed by atoms with Crippen molar-refractivity contribution in [2.24, 2.45) is 5.73 Å². The summed E-state index contributed by atoms with van der Waals surface area (Å²) in [5, 5.41) is 0. The molecule has 1 atom stereocenters. The summed E-state index contributed by atoms with van der Waals surface area (Å²) in [6.45, 7) is 1.28. The lowest BCUT2D eigenvalue weighted by Crippen LogP contribution is -1.99. The molecule has 1 unspecified atom stereocenters. The van der Waals surface area contributed by atoms with Crippen LogP contribution in [0.1, 0.15) is 20.2 Å². The Balaban J connectivity index is 4.02. The van der Waals surface area contributed by atoms with Crippen LogP contribution in [0.5, 0.6) is 0 Å². The molecule has 0 heterocycles. The first-order chi connectivity index (χ1) is 5.71. The molecule has 0 aliphatic heterocycles. The lowest BCUT2D eigenvalue weighted by atomic mass is 10.6. The molecule has 2 N–H and O–H groups in total. The van der Waals surface area contributed by atoms with Gasteiger partial charge in [-0.3, -0.25) is 0 Å². The number of nitrogens with two attached hydrogens (primary N) is 1. The number of hydrogen-bond donors (Lipinski definition) is 1. The molecule has 0 aliphatic carbocycles. The summed E-state index contributed by atoms with van der Waals surface area (Å²) >= 11 is 0. The molecule has 0 bridgehead atoms. The van der Waals surface area contributed by atoms with Gasteiger partial charge in [0.25, 0.3) is 0 Å². The van der Waals surface area contributed by atoms with Crippen LogP contribution in [0.15, 0.2) is 0 Å². The molecule has 0 aromatic carbocycles. The van der Waals surface area contributed by atoms with Crippen molar-refractivity contribution in [2.75, 3.05) is 18.0 Å². The van der Waals surface area contributed by atoms with E-state index in [4.69, 9.17) is 12.6 Å². The van der Waals surface area contributed by atoms with E-state index >= 15 is 0 Å². The van der Waals surface area contributed by atoms with Gasteiger partial charge in [0.2, 0.25) is 0 Å². The van der Waals surface area contributed by atoms with Crippen LogP contribution in [0.3, 0.4) is 0 Å². The maximum Gasteiger partial charge on any atom is 0.0402 e. The van der Waals surface area contributed by atoms with Crippen molar-refractivity contribution < 1.29 is 6.85 Å². The molecule has 0 aliphatic rings. The van der Waals surface area contributed by atoms with E-state index in [1.807, 2.05) is 0 Å². The van der Waals surface area contributed by atoms with E-state index in [-0.39, 0.29) is 6.54 Å². The van der Waals surface area contributed by atoms with Gasteiger partial charge in [0.1, 0.15) is 0 Å². The Hall–Kier alpha value is 0.660. The highest BCUT2D eigenvalue weighted by molar-refractivity contribution is 8.76. The Labute approximate surface area is 66.2 Å². The van der Waals surface area contributed by atoms with Crippen LogP contribution in [0.2, 0.25) is 0 Å². The molecule has 0 aromatic heterocycles. The molecular formula is C5H13NS2. The van der Waals surface area contributed by atoms with Gasteiger partial charge in [-0.25, -0.2) is 0 Å². The Bertz CT molecular complexity index is 163. The topological polar surface area (TPSA) is 26.0 Å². The largest absolute Gasteiger partial charge is 0.330 e. The summed E-state index contributed by atoms with van der Waals surface area (Å²) in [5.41, 5.74) is 1.76. The fourth-order valence-electron chi connectivity index (χ4n) is 0.136. The van der Waals surface area contributed by atoms with Crippen LogP contribution in [-0.2, 0) is 0 Å². The van der Waals surface area contributed by atoms with Crippen LogP contribution < -0.4 is 5.73 Å². The Morgan fingerprint density at radius 3 is 2.62 bits per heavy atom. The average Bonchev–Trinajstić information content (AvgIpc) is 2.01. The molecule has 8 heavy (non-hydrogen) atoms. The third-order valence-electron chi connectivity index (χ3n) is 0.350. The van der Waals surface area contributed by atoms with Crippen molar-refractivity contribution >= 4 is 21.6 Å². The lowest BCUT2D eigenvalue weighted by Gasteiger charge is -1.93. The summed E-state index contributed by atoms with van der Waals surface area (Å²) in [4.78, 5) is 0. The minimum Gasteiger partial charge on any atom is -0.330 e. The predicted octanol–water partition coefficient (Wildman–Crippen LogP) is 1.74. The Kier molecular flexibility index (Phi) is 3.04. The summed E-state index contributed by atoms with van der Waals surface area (Å²) in [6, 6.07) is 0. The first kappa shape index (κ1) is 3.17. The van der Waals surface area contributed by atoms with Gasteiger partial charge in [0.05, 0.1) is 0 Å². The molecule has 50 valence electrons. The third-order valence-corrected chi connectivity index (χ3v) is 1.94. The van der Waals surface area contributed by atoms with Crippen molar-refractivity contribution in [1.29, 1.82) is 0 Å². The zero-order chi connectivity index (χ0) is 10.7. The second-order valence-electron chi connectivity index (χ2n) is 0.922. The fourth-order valence-corrected chi connectivity index (χ4v) is 1.22. The molecule has 0 saturated carbocycles. The maximum absolute atomic E-state index is 7.35. The van der Waals surface area contributed by atoms with Crippen molar-refractivity contribution in [3.8, 4) is 0 Å². The van der Waals surface area contributed by atoms with Crippen molar-refractivity contribution in [2.45, 2.75) is 13.3 Å². The monoisotopic (exact) mass is 156 g/mol. The zero-order valence-electron chi connectivity index (χ0n) is 9.68. The van der Waals surface area contributed by atoms with E-state index in [9.17, 15) is 0 Å². The molecule has 0 rings (SSSR count). The van der Waals surface area contributed by atoms with Gasteiger partial charge in [0.15, 0.2) is 0 Å². The number of rotatable bonds is 5. The van der Waals surface area contributed by atoms with E-state index in [2.05, 4.69) is 0 Å². The summed E-state index contributed by atoms with van der Waals surface area (Å²) in [6.07, 6.45) is -0.890. The molecule has 1 nitrogen and oxygen atoms in total. The molecule has 0 amide bonds. The highest BCUT2D eigenvalue weighted by Crippen LogP contribution is 2.20. The molecule has 0 spiro atoms. The van der Waals surface area contributed by atoms with Gasteiger partial charge < -0.3 is 5.73 Å². The molecular weight excluding hydrogens is 138 g/mol. The molecule has 0 aromatic rings. The van der Waals surface area contributed by atoms with Crippen LogP contribution in [0.25, 0.3) is 0 Å². The molecule has 3 heteroatoms. The normalized spacial score (nSPS) is 26.5. The second kappa shape index (κ2) is 7.66. The predicted molar refractivity (Wildman–Crippen MR) is 44.3 cm³/mol. The molecule has 0 saturated heterocycles. The van der Waals surface area contributed by atoms with Crippen molar-refractivity contribution in [1.82, 2.24) is 0 Å². The van der Waals surface area contributed by atoms with Crippen LogP contribution in [0, 0.1) is 0 Å². The summed E-state index contributed by atoms with van der Waals surface area (Å²) in [5.74, 6) is 0. The quantitative estimate of drug-likeness (QED) is 0.614. The van der Waals surface area contributed by atoms with E-state index in [1.165, 1.54) is 6.92 Å². The smallest absolute Gasteiger partial charge is 0.0402 e. The minimum atomic E-state index is -1.74. The highest BCUT2D eigenvalue weighted by atomic mass is 33.1. The third kappa shape index (κ3) is 6.66. The summed E-state index contributed by atoms with van der Waals surface area (Å²) < 4.78 is 36.4. The van der Waals surface area contributed by atoms with Crippen molar-refractivity contribution in [3.63, 3.8) is 0 Å². The fraction of sp³-hybridized carbons (Fsp3) is 1.00. The lowest BCUT2D eigenvalue weighted by molar-refractivity contribution is 1.11. The zero-order valence-corrected chi connectivity index (χ0v) is 6.31. The maximum atomic E-state index is 7.35. The molecule has 0 fully saturated rings. The highest BCUT2D eigenvalue weighted by Gasteiger charge is 1.83. The molecule has 0 radical (unpaired) electrons. The standard InChI is InChI=1S/C5H13NS2/c1-2-4-7-8-5-3-6/h2-6H2,1H3/i2D,4D2,5D2. The first-order valence-electron chi connectivity index (χ1n) is 4.78. The first-order valence-corrected chi connectivity index (χ1v) is 4.35. The van der Waals surface area contributed by atoms with Gasteiger partial charge in [-0.05, 0) is 6.40 Å². The number of hydrogen-bond acceptors (Lipinski definition) is 3. The van der Waals surface area contributed by atoms with E-state index < -0.39 is 17.8 Å².